The van der Waals surface area contributed by atoms with Gasteiger partial charge in [0.2, 0.25) is 0 Å². The third-order valence-electron chi connectivity index (χ3n) is 5.46. The molecule has 0 spiro atoms. The van der Waals surface area contributed by atoms with Crippen molar-refractivity contribution in [2.45, 2.75) is 26.3 Å². The number of ketones is 1. The first-order chi connectivity index (χ1) is 15.9. The number of nitrogens with zero attached hydrogens (tertiary/aromatic N) is 2. The first kappa shape index (κ1) is 22.6. The number of amides is 1. The van der Waals surface area contributed by atoms with Crippen LogP contribution in [0.4, 0.5) is 5.69 Å². The average molecular weight is 463 g/mol. The molecule has 1 atom stereocenters. The molecule has 33 heavy (non-hydrogen) atoms. The Labute approximate surface area is 197 Å². The molecule has 1 amide bonds. The maximum atomic E-state index is 13.2. The molecule has 1 fully saturated rings. The van der Waals surface area contributed by atoms with Gasteiger partial charge in [0.25, 0.3) is 11.7 Å². The predicted octanol–water partition coefficient (Wildman–Crippen LogP) is 5.46. The normalized spacial score (nSPS) is 17.4. The lowest BCUT2D eigenvalue weighted by molar-refractivity contribution is -0.132. The van der Waals surface area contributed by atoms with Crippen molar-refractivity contribution >= 4 is 34.7 Å². The van der Waals surface area contributed by atoms with Crippen LogP contribution >= 0.6 is 11.6 Å². The number of aryl methyl sites for hydroxylation is 1. The van der Waals surface area contributed by atoms with Crippen LogP contribution in [0, 0.1) is 6.92 Å². The number of ether oxygens (including phenoxy) is 1. The van der Waals surface area contributed by atoms with Crippen LogP contribution in [0.2, 0.25) is 5.02 Å². The Morgan fingerprint density at radius 1 is 1.15 bits per heavy atom. The van der Waals surface area contributed by atoms with Gasteiger partial charge in [-0.05, 0) is 54.8 Å². The lowest BCUT2D eigenvalue weighted by Gasteiger charge is -2.25. The SMILES string of the molecule is CCCOc1cccc(/C(O)=C2\C(=O)C(=O)N(c3ccc(C)c(Cl)c3)C2c2cccnc2)c1. The summed E-state index contributed by atoms with van der Waals surface area (Å²) in [6.07, 6.45) is 4.02. The van der Waals surface area contributed by atoms with E-state index in [1.165, 1.54) is 4.90 Å². The van der Waals surface area contributed by atoms with Crippen molar-refractivity contribution in [2.24, 2.45) is 0 Å². The highest BCUT2D eigenvalue weighted by Crippen LogP contribution is 2.42. The van der Waals surface area contributed by atoms with Gasteiger partial charge in [-0.15, -0.1) is 0 Å². The highest BCUT2D eigenvalue weighted by molar-refractivity contribution is 6.51. The molecule has 0 aliphatic carbocycles. The molecule has 1 unspecified atom stereocenters. The molecular formula is C26H23ClN2O4. The second kappa shape index (κ2) is 9.46. The van der Waals surface area contributed by atoms with Crippen molar-refractivity contribution in [3.63, 3.8) is 0 Å². The number of carbonyl (C=O) groups excluding carboxylic acids is 2. The van der Waals surface area contributed by atoms with E-state index in [1.54, 1.807) is 67.0 Å². The number of anilines is 1. The third-order valence-corrected chi connectivity index (χ3v) is 5.87. The Morgan fingerprint density at radius 3 is 2.67 bits per heavy atom. The Hall–Kier alpha value is -3.64. The summed E-state index contributed by atoms with van der Waals surface area (Å²) < 4.78 is 5.66. The Kier molecular flexibility index (Phi) is 6.47. The number of rotatable bonds is 6. The van der Waals surface area contributed by atoms with Gasteiger partial charge >= 0.3 is 0 Å². The third kappa shape index (κ3) is 4.34. The fraction of sp³-hybridized carbons (Fsp3) is 0.192. The van der Waals surface area contributed by atoms with Gasteiger partial charge in [-0.2, -0.15) is 0 Å². The molecular weight excluding hydrogens is 440 g/mol. The van der Waals surface area contributed by atoms with Gasteiger partial charge in [0.05, 0.1) is 18.2 Å². The Bertz CT molecular complexity index is 1240. The van der Waals surface area contributed by atoms with Crippen molar-refractivity contribution in [1.29, 1.82) is 0 Å². The van der Waals surface area contributed by atoms with E-state index in [2.05, 4.69) is 4.98 Å². The number of aliphatic hydroxyl groups excluding tert-OH is 1. The first-order valence-electron chi connectivity index (χ1n) is 10.6. The lowest BCUT2D eigenvalue weighted by atomic mass is 9.96. The van der Waals surface area contributed by atoms with Crippen molar-refractivity contribution in [1.82, 2.24) is 4.98 Å². The molecule has 0 bridgehead atoms. The average Bonchev–Trinajstić information content (AvgIpc) is 3.10. The van der Waals surface area contributed by atoms with Gasteiger partial charge in [-0.1, -0.05) is 42.8 Å². The quantitative estimate of drug-likeness (QED) is 0.299. The van der Waals surface area contributed by atoms with Gasteiger partial charge in [0, 0.05) is 28.7 Å². The van der Waals surface area contributed by atoms with E-state index < -0.39 is 17.7 Å². The van der Waals surface area contributed by atoms with E-state index in [-0.39, 0.29) is 11.3 Å². The zero-order valence-corrected chi connectivity index (χ0v) is 19.0. The molecule has 7 heteroatoms. The van der Waals surface area contributed by atoms with E-state index >= 15 is 0 Å². The zero-order chi connectivity index (χ0) is 23.5. The van der Waals surface area contributed by atoms with E-state index in [9.17, 15) is 14.7 Å². The number of halogens is 1. The number of carbonyl (C=O) groups is 2. The summed E-state index contributed by atoms with van der Waals surface area (Å²) in [5.74, 6) is -1.23. The molecule has 1 aromatic heterocycles. The van der Waals surface area contributed by atoms with Crippen molar-refractivity contribution in [2.75, 3.05) is 11.5 Å². The van der Waals surface area contributed by atoms with E-state index in [1.807, 2.05) is 13.8 Å². The van der Waals surface area contributed by atoms with E-state index in [0.717, 1.165) is 12.0 Å². The van der Waals surface area contributed by atoms with E-state index in [0.29, 0.717) is 34.2 Å². The number of Topliss-reactive ketones (excluding diaryl/α,β-unsaturated/α-hetero) is 1. The predicted molar refractivity (Wildman–Crippen MR) is 127 cm³/mol. The van der Waals surface area contributed by atoms with Gasteiger partial charge in [0.15, 0.2) is 0 Å². The summed E-state index contributed by atoms with van der Waals surface area (Å²) in [6.45, 7) is 4.38. The Balaban J connectivity index is 1.88. The van der Waals surface area contributed by atoms with Crippen LogP contribution in [0.3, 0.4) is 0 Å². The van der Waals surface area contributed by atoms with Gasteiger partial charge in [0.1, 0.15) is 11.5 Å². The molecule has 0 radical (unpaired) electrons. The largest absolute Gasteiger partial charge is 0.507 e. The van der Waals surface area contributed by atoms with Gasteiger partial charge in [-0.3, -0.25) is 19.5 Å². The highest BCUT2D eigenvalue weighted by Gasteiger charge is 2.47. The van der Waals surface area contributed by atoms with Crippen LogP contribution in [0.1, 0.15) is 36.1 Å². The molecule has 1 N–H and O–H groups in total. The second-order valence-electron chi connectivity index (χ2n) is 7.77. The molecule has 1 aliphatic heterocycles. The summed E-state index contributed by atoms with van der Waals surface area (Å²) in [5.41, 5.74) is 2.27. The minimum atomic E-state index is -0.863. The first-order valence-corrected chi connectivity index (χ1v) is 11.0. The number of aliphatic hydroxyl groups is 1. The van der Waals surface area contributed by atoms with Crippen molar-refractivity contribution in [3.05, 3.63) is 94.3 Å². The zero-order valence-electron chi connectivity index (χ0n) is 18.3. The molecule has 0 saturated carbocycles. The van der Waals surface area contributed by atoms with Crippen LogP contribution in [0.15, 0.2) is 72.6 Å². The molecule has 2 aromatic carbocycles. The Morgan fingerprint density at radius 2 is 1.97 bits per heavy atom. The van der Waals surface area contributed by atoms with Gasteiger partial charge in [-0.25, -0.2) is 0 Å². The number of hydrogen-bond donors (Lipinski definition) is 1. The fourth-order valence-corrected chi connectivity index (χ4v) is 3.97. The molecule has 168 valence electrons. The smallest absolute Gasteiger partial charge is 0.300 e. The summed E-state index contributed by atoms with van der Waals surface area (Å²) in [5, 5.41) is 11.7. The summed E-state index contributed by atoms with van der Waals surface area (Å²) >= 11 is 6.31. The second-order valence-corrected chi connectivity index (χ2v) is 8.17. The molecule has 3 aromatic rings. The fourth-order valence-electron chi connectivity index (χ4n) is 3.79. The van der Waals surface area contributed by atoms with Crippen molar-refractivity contribution in [3.8, 4) is 5.75 Å². The standard InChI is InChI=1S/C26H23ClN2O4/c1-3-12-33-20-8-4-6-17(13-20)24(30)22-23(18-7-5-11-28-15-18)29(26(32)25(22)31)19-10-9-16(2)21(27)14-19/h4-11,13-15,23,30H,3,12H2,1-2H3/b24-22+. The molecule has 6 nitrogen and oxygen atoms in total. The minimum Gasteiger partial charge on any atom is -0.507 e. The maximum absolute atomic E-state index is 13.2. The summed E-state index contributed by atoms with van der Waals surface area (Å²) in [4.78, 5) is 31.9. The topological polar surface area (TPSA) is 79.7 Å². The number of pyridine rings is 1. The molecule has 2 heterocycles. The van der Waals surface area contributed by atoms with Crippen LogP contribution < -0.4 is 9.64 Å². The summed E-state index contributed by atoms with van der Waals surface area (Å²) in [7, 11) is 0. The van der Waals surface area contributed by atoms with Crippen LogP contribution in [-0.4, -0.2) is 28.4 Å². The monoisotopic (exact) mass is 462 g/mol. The number of benzene rings is 2. The van der Waals surface area contributed by atoms with Crippen LogP contribution in [0.5, 0.6) is 5.75 Å². The maximum Gasteiger partial charge on any atom is 0.300 e. The summed E-state index contributed by atoms with van der Waals surface area (Å²) in [6, 6.07) is 14.6. The molecule has 1 saturated heterocycles. The molecule has 4 rings (SSSR count). The highest BCUT2D eigenvalue weighted by atomic mass is 35.5. The minimum absolute atomic E-state index is 0.0164. The van der Waals surface area contributed by atoms with Crippen molar-refractivity contribution < 1.29 is 19.4 Å². The number of aromatic nitrogens is 1. The van der Waals surface area contributed by atoms with Crippen LogP contribution in [-0.2, 0) is 9.59 Å². The molecule has 1 aliphatic rings. The van der Waals surface area contributed by atoms with Crippen LogP contribution in [0.25, 0.3) is 5.76 Å². The lowest BCUT2D eigenvalue weighted by Crippen LogP contribution is -2.29. The van der Waals surface area contributed by atoms with Gasteiger partial charge < -0.3 is 9.84 Å². The van der Waals surface area contributed by atoms with E-state index in [4.69, 9.17) is 16.3 Å². The number of hydrogen-bond acceptors (Lipinski definition) is 5.